The third-order valence-corrected chi connectivity index (χ3v) is 4.32. The first kappa shape index (κ1) is 9.77. The van der Waals surface area contributed by atoms with Crippen LogP contribution in [0.15, 0.2) is 0 Å². The zero-order valence-corrected chi connectivity index (χ0v) is 8.81. The number of nitrogens with two attached hydrogens (primary N) is 1. The molecule has 2 rings (SSSR count). The van der Waals surface area contributed by atoms with Crippen molar-refractivity contribution in [1.82, 2.24) is 0 Å². The van der Waals surface area contributed by atoms with Gasteiger partial charge in [0.1, 0.15) is 0 Å². The Morgan fingerprint density at radius 1 is 1.62 bits per heavy atom. The molecule has 3 atom stereocenters. The molecule has 4 heteroatoms. The van der Waals surface area contributed by atoms with Gasteiger partial charge >= 0.3 is 0 Å². The number of rotatable bonds is 2. The van der Waals surface area contributed by atoms with Crippen LogP contribution in [0.25, 0.3) is 0 Å². The van der Waals surface area contributed by atoms with E-state index in [4.69, 9.17) is 15.2 Å². The van der Waals surface area contributed by atoms with Crippen LogP contribution in [0, 0.1) is 0 Å². The van der Waals surface area contributed by atoms with Crippen LogP contribution in [0.3, 0.4) is 0 Å². The highest BCUT2D eigenvalue weighted by atomic mass is 32.2. The first-order valence-electron chi connectivity index (χ1n) is 4.88. The molecule has 0 radical (unpaired) electrons. The number of hydrogen-bond acceptors (Lipinski definition) is 4. The Bertz CT molecular complexity index is 184. The summed E-state index contributed by atoms with van der Waals surface area (Å²) in [6.07, 6.45) is 2.59. The summed E-state index contributed by atoms with van der Waals surface area (Å²) < 4.78 is 11.5. The van der Waals surface area contributed by atoms with Crippen LogP contribution in [-0.4, -0.2) is 36.0 Å². The van der Waals surface area contributed by atoms with Gasteiger partial charge in [-0.15, -0.1) is 0 Å². The fourth-order valence-corrected chi connectivity index (χ4v) is 3.31. The largest absolute Gasteiger partial charge is 0.346 e. The fraction of sp³-hybridized carbons (Fsp3) is 1.00. The second-order valence-electron chi connectivity index (χ2n) is 3.80. The van der Waals surface area contributed by atoms with Crippen LogP contribution in [0.1, 0.15) is 19.8 Å². The molecule has 0 aliphatic carbocycles. The Kier molecular flexibility index (Phi) is 2.83. The monoisotopic (exact) mass is 203 g/mol. The van der Waals surface area contributed by atoms with E-state index in [1.54, 1.807) is 0 Å². The fourth-order valence-electron chi connectivity index (χ4n) is 1.93. The normalized spacial score (nSPS) is 45.7. The molecule has 76 valence electrons. The van der Waals surface area contributed by atoms with E-state index >= 15 is 0 Å². The molecule has 3 nitrogen and oxygen atoms in total. The summed E-state index contributed by atoms with van der Waals surface area (Å²) in [5, 5.41) is 0.504. The minimum atomic E-state index is -0.370. The number of thioether (sulfide) groups is 1. The molecule has 2 N–H and O–H groups in total. The third kappa shape index (κ3) is 1.86. The van der Waals surface area contributed by atoms with Crippen LogP contribution < -0.4 is 5.73 Å². The molecule has 0 spiro atoms. The van der Waals surface area contributed by atoms with Crippen LogP contribution in [0.5, 0.6) is 0 Å². The molecule has 2 aliphatic heterocycles. The van der Waals surface area contributed by atoms with Crippen LogP contribution >= 0.6 is 11.8 Å². The van der Waals surface area contributed by atoms with E-state index in [1.807, 2.05) is 18.7 Å². The Balaban J connectivity index is 1.96. The van der Waals surface area contributed by atoms with Crippen LogP contribution in [0.4, 0.5) is 0 Å². The molecule has 2 heterocycles. The highest BCUT2D eigenvalue weighted by Crippen LogP contribution is 2.40. The van der Waals surface area contributed by atoms with E-state index in [0.29, 0.717) is 18.4 Å². The van der Waals surface area contributed by atoms with E-state index in [-0.39, 0.29) is 11.9 Å². The van der Waals surface area contributed by atoms with E-state index < -0.39 is 0 Å². The maximum Gasteiger partial charge on any atom is 0.177 e. The van der Waals surface area contributed by atoms with E-state index in [1.165, 1.54) is 18.6 Å². The molecular formula is C9H17NO2S. The molecule has 0 aromatic heterocycles. The summed E-state index contributed by atoms with van der Waals surface area (Å²) in [5.41, 5.74) is 5.54. The smallest absolute Gasteiger partial charge is 0.177 e. The Morgan fingerprint density at radius 2 is 2.46 bits per heavy atom. The van der Waals surface area contributed by atoms with E-state index in [2.05, 4.69) is 0 Å². The quantitative estimate of drug-likeness (QED) is 0.726. The molecular weight excluding hydrogens is 186 g/mol. The highest BCUT2D eigenvalue weighted by molar-refractivity contribution is 8.00. The first-order valence-corrected chi connectivity index (χ1v) is 5.93. The first-order chi connectivity index (χ1) is 6.24. The average molecular weight is 203 g/mol. The van der Waals surface area contributed by atoms with Crippen LogP contribution in [0.2, 0.25) is 0 Å². The van der Waals surface area contributed by atoms with Gasteiger partial charge < -0.3 is 15.2 Å². The van der Waals surface area contributed by atoms with Crippen molar-refractivity contribution >= 4 is 11.8 Å². The second kappa shape index (κ2) is 3.77. The van der Waals surface area contributed by atoms with Gasteiger partial charge in [0.2, 0.25) is 0 Å². The Labute approximate surface area is 83.3 Å². The summed E-state index contributed by atoms with van der Waals surface area (Å²) in [6, 6.07) is 0. The molecule has 0 aromatic carbocycles. The lowest BCUT2D eigenvalue weighted by Gasteiger charge is -2.29. The summed E-state index contributed by atoms with van der Waals surface area (Å²) in [5.74, 6) is 0.867. The summed E-state index contributed by atoms with van der Waals surface area (Å²) in [6.45, 7) is 3.27. The summed E-state index contributed by atoms with van der Waals surface area (Å²) in [4.78, 5) is 0. The predicted molar refractivity (Wildman–Crippen MR) is 53.8 cm³/mol. The maximum atomic E-state index is 5.81. The van der Waals surface area contributed by atoms with Gasteiger partial charge in [0, 0.05) is 6.54 Å². The number of hydrogen-bond donors (Lipinski definition) is 1. The molecule has 2 aliphatic rings. The number of ether oxygens (including phenoxy) is 2. The van der Waals surface area contributed by atoms with Gasteiger partial charge in [0.05, 0.1) is 18.0 Å². The lowest BCUT2D eigenvalue weighted by molar-refractivity contribution is -0.152. The lowest BCUT2D eigenvalue weighted by atomic mass is 10.1. The maximum absolute atomic E-state index is 5.81. The van der Waals surface area contributed by atoms with Crippen molar-refractivity contribution in [1.29, 1.82) is 0 Å². The van der Waals surface area contributed by atoms with Gasteiger partial charge in [-0.25, -0.2) is 0 Å². The summed E-state index contributed by atoms with van der Waals surface area (Å²) >= 11 is 1.96. The minimum absolute atomic E-state index is 0.103. The van der Waals surface area contributed by atoms with E-state index in [0.717, 1.165) is 0 Å². The molecule has 13 heavy (non-hydrogen) atoms. The van der Waals surface area contributed by atoms with Crippen molar-refractivity contribution in [3.63, 3.8) is 0 Å². The molecule has 2 saturated heterocycles. The predicted octanol–water partition coefficient (Wildman–Crippen LogP) is 0.972. The molecule has 3 unspecified atom stereocenters. The van der Waals surface area contributed by atoms with Crippen molar-refractivity contribution in [2.45, 2.75) is 36.9 Å². The Morgan fingerprint density at radius 3 is 3.00 bits per heavy atom. The molecule has 0 aromatic rings. The van der Waals surface area contributed by atoms with Gasteiger partial charge in [-0.2, -0.15) is 11.8 Å². The van der Waals surface area contributed by atoms with Gasteiger partial charge in [0.25, 0.3) is 0 Å². The van der Waals surface area contributed by atoms with Gasteiger partial charge in [-0.1, -0.05) is 0 Å². The highest BCUT2D eigenvalue weighted by Gasteiger charge is 2.44. The SMILES string of the molecule is CC1(C2CCCS2)OCC(CN)O1. The minimum Gasteiger partial charge on any atom is -0.346 e. The van der Waals surface area contributed by atoms with Crippen molar-refractivity contribution < 1.29 is 9.47 Å². The van der Waals surface area contributed by atoms with Gasteiger partial charge in [0.15, 0.2) is 5.79 Å². The van der Waals surface area contributed by atoms with Crippen molar-refractivity contribution in [2.75, 3.05) is 18.9 Å². The zero-order chi connectivity index (χ0) is 9.31. The molecule has 0 bridgehead atoms. The third-order valence-electron chi connectivity index (χ3n) is 2.73. The zero-order valence-electron chi connectivity index (χ0n) is 7.99. The molecule has 0 saturated carbocycles. The lowest BCUT2D eigenvalue weighted by Crippen LogP contribution is -2.38. The molecule has 0 amide bonds. The van der Waals surface area contributed by atoms with Crippen LogP contribution in [-0.2, 0) is 9.47 Å². The molecule has 2 fully saturated rings. The van der Waals surface area contributed by atoms with Crippen molar-refractivity contribution in [3.8, 4) is 0 Å². The second-order valence-corrected chi connectivity index (χ2v) is 5.11. The summed E-state index contributed by atoms with van der Waals surface area (Å²) in [7, 11) is 0. The van der Waals surface area contributed by atoms with Crippen molar-refractivity contribution in [3.05, 3.63) is 0 Å². The average Bonchev–Trinajstić information content (AvgIpc) is 2.72. The van der Waals surface area contributed by atoms with Gasteiger partial charge in [-0.3, -0.25) is 0 Å². The van der Waals surface area contributed by atoms with E-state index in [9.17, 15) is 0 Å². The standard InChI is InChI=1S/C9H17NO2S/c1-9(8-3-2-4-13-8)11-6-7(5-10)12-9/h7-8H,2-6,10H2,1H3. The topological polar surface area (TPSA) is 44.5 Å². The van der Waals surface area contributed by atoms with Gasteiger partial charge in [-0.05, 0) is 25.5 Å². The van der Waals surface area contributed by atoms with Crippen molar-refractivity contribution in [2.24, 2.45) is 5.73 Å². The Hall–Kier alpha value is 0.230.